The number of unbranched alkanes of at least 4 members (excludes halogenated alkanes) is 7. The van der Waals surface area contributed by atoms with E-state index >= 15 is 0 Å². The Morgan fingerprint density at radius 3 is 1.88 bits per heavy atom. The summed E-state index contributed by atoms with van der Waals surface area (Å²) in [7, 11) is 0. The fourth-order valence-corrected chi connectivity index (χ4v) is 7.64. The van der Waals surface area contributed by atoms with Crippen LogP contribution in [0, 0.1) is 0 Å². The Morgan fingerprint density at radius 2 is 1.17 bits per heavy atom. The van der Waals surface area contributed by atoms with Crippen LogP contribution in [0.25, 0.3) is 46.4 Å². The predicted octanol–water partition coefficient (Wildman–Crippen LogP) is 11.9. The zero-order valence-corrected chi connectivity index (χ0v) is 27.9. The fourth-order valence-electron chi connectivity index (χ4n) is 6.74. The topological polar surface area (TPSA) is 57.4 Å². The SMILES string of the molecule is CCCCCCCCCCc1c2nc(c(Br)c3nc(c(C4CCCCC4)c4ccc([nH]4)c(Br)c4ccc1[nH]4)C=C3)C=C2. The Labute approximate surface area is 266 Å². The summed E-state index contributed by atoms with van der Waals surface area (Å²) in [5, 5.41) is 0. The number of aromatic nitrogens is 4. The minimum atomic E-state index is 0.513. The van der Waals surface area contributed by atoms with E-state index in [1.807, 2.05) is 0 Å². The third kappa shape index (κ3) is 6.55. The van der Waals surface area contributed by atoms with Crippen LogP contribution in [-0.4, -0.2) is 19.9 Å². The van der Waals surface area contributed by atoms with E-state index < -0.39 is 0 Å². The molecule has 220 valence electrons. The van der Waals surface area contributed by atoms with Gasteiger partial charge in [-0.15, -0.1) is 0 Å². The molecule has 0 aromatic carbocycles. The van der Waals surface area contributed by atoms with E-state index in [-0.39, 0.29) is 0 Å². The minimum absolute atomic E-state index is 0.513. The first-order valence-corrected chi connectivity index (χ1v) is 17.7. The van der Waals surface area contributed by atoms with Crippen molar-refractivity contribution in [1.29, 1.82) is 0 Å². The van der Waals surface area contributed by atoms with Gasteiger partial charge in [-0.3, -0.25) is 0 Å². The van der Waals surface area contributed by atoms with Gasteiger partial charge < -0.3 is 9.97 Å². The van der Waals surface area contributed by atoms with Gasteiger partial charge in [-0.25, -0.2) is 9.97 Å². The third-order valence-electron chi connectivity index (χ3n) is 9.07. The van der Waals surface area contributed by atoms with Gasteiger partial charge in [0.2, 0.25) is 0 Å². The van der Waals surface area contributed by atoms with Crippen LogP contribution < -0.4 is 0 Å². The van der Waals surface area contributed by atoms with Crippen molar-refractivity contribution >= 4 is 78.2 Å². The highest BCUT2D eigenvalue weighted by molar-refractivity contribution is 9.11. The summed E-state index contributed by atoms with van der Waals surface area (Å²) in [6.45, 7) is 2.28. The smallest absolute Gasteiger partial charge is 0.0801 e. The molecular weight excluding hydrogens is 648 g/mol. The average molecular weight is 691 g/mol. The molecule has 1 fully saturated rings. The van der Waals surface area contributed by atoms with Crippen molar-refractivity contribution < 1.29 is 0 Å². The first-order valence-electron chi connectivity index (χ1n) is 16.1. The molecule has 1 aliphatic carbocycles. The van der Waals surface area contributed by atoms with Crippen LogP contribution in [0.4, 0.5) is 0 Å². The lowest BCUT2D eigenvalue weighted by Crippen LogP contribution is -2.06. The number of aryl methyl sites for hydroxylation is 1. The van der Waals surface area contributed by atoms with Crippen LogP contribution in [-0.2, 0) is 6.42 Å². The van der Waals surface area contributed by atoms with Gasteiger partial charge in [0.15, 0.2) is 0 Å². The molecule has 2 aliphatic heterocycles. The van der Waals surface area contributed by atoms with Crippen LogP contribution in [0.15, 0.2) is 33.2 Å². The molecule has 5 heterocycles. The number of hydrogen-bond donors (Lipinski definition) is 2. The lowest BCUT2D eigenvalue weighted by Gasteiger charge is -2.22. The van der Waals surface area contributed by atoms with E-state index in [1.54, 1.807) is 0 Å². The van der Waals surface area contributed by atoms with Crippen molar-refractivity contribution in [2.45, 2.75) is 103 Å². The Morgan fingerprint density at radius 1 is 0.619 bits per heavy atom. The summed E-state index contributed by atoms with van der Waals surface area (Å²) in [6.07, 6.45) is 26.5. The van der Waals surface area contributed by atoms with Gasteiger partial charge in [-0.05, 0) is 112 Å². The van der Waals surface area contributed by atoms with Crippen LogP contribution in [0.1, 0.15) is 130 Å². The Hall–Kier alpha value is -2.44. The number of halogens is 2. The fraction of sp³-hybridized carbons (Fsp3) is 0.444. The maximum atomic E-state index is 5.18. The molecule has 42 heavy (non-hydrogen) atoms. The van der Waals surface area contributed by atoms with Gasteiger partial charge in [-0.1, -0.05) is 71.1 Å². The molecular formula is C36H42Br2N4. The van der Waals surface area contributed by atoms with E-state index in [0.717, 1.165) is 54.7 Å². The van der Waals surface area contributed by atoms with Gasteiger partial charge in [-0.2, -0.15) is 0 Å². The maximum Gasteiger partial charge on any atom is 0.0801 e. The third-order valence-corrected chi connectivity index (χ3v) is 10.7. The van der Waals surface area contributed by atoms with Gasteiger partial charge in [0.1, 0.15) is 0 Å². The van der Waals surface area contributed by atoms with Gasteiger partial charge >= 0.3 is 0 Å². The lowest BCUT2D eigenvalue weighted by molar-refractivity contribution is 0.444. The second-order valence-corrected chi connectivity index (χ2v) is 13.7. The monoisotopic (exact) mass is 688 g/mol. The minimum Gasteiger partial charge on any atom is -0.354 e. The van der Waals surface area contributed by atoms with Crippen LogP contribution >= 0.6 is 31.9 Å². The number of fused-ring (bicyclic) bond motifs is 8. The molecule has 0 atom stereocenters. The van der Waals surface area contributed by atoms with Crippen LogP contribution in [0.3, 0.4) is 0 Å². The zero-order chi connectivity index (χ0) is 28.9. The highest BCUT2D eigenvalue weighted by Gasteiger charge is 2.22. The van der Waals surface area contributed by atoms with E-state index in [4.69, 9.17) is 9.97 Å². The Balaban J connectivity index is 1.45. The van der Waals surface area contributed by atoms with Crippen molar-refractivity contribution in [1.82, 2.24) is 19.9 Å². The summed E-state index contributed by atoms with van der Waals surface area (Å²) < 4.78 is 2.00. The Bertz CT molecular complexity index is 1640. The number of aromatic amines is 2. The summed E-state index contributed by atoms with van der Waals surface area (Å²) in [5.74, 6) is 0.513. The first-order chi connectivity index (χ1) is 20.6. The van der Waals surface area contributed by atoms with E-state index in [2.05, 4.69) is 97.3 Å². The normalized spacial score (nSPS) is 15.1. The average Bonchev–Trinajstić information content (AvgIpc) is 3.84. The van der Waals surface area contributed by atoms with E-state index in [9.17, 15) is 0 Å². The molecule has 3 aromatic rings. The lowest BCUT2D eigenvalue weighted by atomic mass is 9.83. The van der Waals surface area contributed by atoms with Gasteiger partial charge in [0.25, 0.3) is 0 Å². The van der Waals surface area contributed by atoms with Crippen molar-refractivity contribution in [2.75, 3.05) is 0 Å². The van der Waals surface area contributed by atoms with E-state index in [0.29, 0.717) is 5.92 Å². The standard InChI is InChI=1S/C36H42Br2N4/c1-2-3-4-5-6-7-8-12-15-25-26-16-20-30(39-26)35(37)32-22-18-28(41-32)34(24-13-10-9-11-14-24)29-19-23-33(42-29)36(38)31-21-17-27(25)40-31/h16-24,39,41H,2-15H2,1H3. The molecule has 3 aliphatic rings. The molecule has 0 saturated heterocycles. The molecule has 6 heteroatoms. The summed E-state index contributed by atoms with van der Waals surface area (Å²) in [5.41, 5.74) is 11.1. The summed E-state index contributed by atoms with van der Waals surface area (Å²) in [6, 6.07) is 8.84. The number of H-pyrrole nitrogens is 2. The first kappa shape index (κ1) is 29.6. The van der Waals surface area contributed by atoms with Crippen molar-refractivity contribution in [3.8, 4) is 0 Å². The number of nitrogens with zero attached hydrogens (tertiary/aromatic N) is 2. The zero-order valence-electron chi connectivity index (χ0n) is 24.7. The summed E-state index contributed by atoms with van der Waals surface area (Å²) in [4.78, 5) is 17.8. The van der Waals surface area contributed by atoms with Crippen LogP contribution in [0.5, 0.6) is 0 Å². The summed E-state index contributed by atoms with van der Waals surface area (Å²) >= 11 is 7.82. The number of nitrogens with one attached hydrogen (secondary N) is 2. The molecule has 0 spiro atoms. The quantitative estimate of drug-likeness (QED) is 0.143. The molecule has 4 nitrogen and oxygen atoms in total. The van der Waals surface area contributed by atoms with Crippen molar-refractivity contribution in [3.05, 3.63) is 67.1 Å². The maximum absolute atomic E-state index is 5.18. The second kappa shape index (κ2) is 13.9. The Kier molecular flexibility index (Phi) is 9.80. The predicted molar refractivity (Wildman–Crippen MR) is 186 cm³/mol. The number of hydrogen-bond acceptors (Lipinski definition) is 2. The second-order valence-electron chi connectivity index (χ2n) is 12.1. The van der Waals surface area contributed by atoms with Gasteiger partial charge in [0.05, 0.1) is 42.8 Å². The van der Waals surface area contributed by atoms with E-state index in [1.165, 1.54) is 100 Å². The molecule has 0 unspecified atom stereocenters. The largest absolute Gasteiger partial charge is 0.354 e. The molecule has 0 amide bonds. The van der Waals surface area contributed by atoms with Gasteiger partial charge in [0, 0.05) is 22.2 Å². The highest BCUT2D eigenvalue weighted by Crippen LogP contribution is 2.38. The molecule has 3 aromatic heterocycles. The molecule has 8 bridgehead atoms. The molecule has 0 radical (unpaired) electrons. The van der Waals surface area contributed by atoms with Crippen molar-refractivity contribution in [3.63, 3.8) is 0 Å². The molecule has 6 rings (SSSR count). The molecule has 1 saturated carbocycles. The molecule has 2 N–H and O–H groups in total. The van der Waals surface area contributed by atoms with Crippen molar-refractivity contribution in [2.24, 2.45) is 0 Å². The van der Waals surface area contributed by atoms with Crippen LogP contribution in [0.2, 0.25) is 0 Å². The number of rotatable bonds is 10. The highest BCUT2D eigenvalue weighted by atomic mass is 79.9.